The molecule has 0 spiro atoms. The number of hydrazone groups is 1. The molecule has 0 aliphatic heterocycles. The maximum Gasteiger partial charge on any atom is 0.345 e. The number of nitrogens with one attached hydrogen (secondary N) is 1. The first-order chi connectivity index (χ1) is 12.6. The first kappa shape index (κ1) is 18.0. The standard InChI is InChI=1S/C20H14Cl2N2O2/c21-15-9-10-18(19(22)12-15)20(25)26-17-8-4-5-14(11-17)13-23-24-16-6-2-1-3-7-16/h1-13,24H. The molecule has 1 N–H and O–H groups in total. The summed E-state index contributed by atoms with van der Waals surface area (Å²) in [7, 11) is 0. The van der Waals surface area contributed by atoms with E-state index < -0.39 is 5.97 Å². The van der Waals surface area contributed by atoms with Gasteiger partial charge in [-0.3, -0.25) is 5.43 Å². The van der Waals surface area contributed by atoms with Crippen molar-refractivity contribution in [3.05, 3.63) is 94.0 Å². The lowest BCUT2D eigenvalue weighted by Crippen LogP contribution is -2.09. The van der Waals surface area contributed by atoms with Gasteiger partial charge in [0.15, 0.2) is 0 Å². The Kier molecular flexibility index (Phi) is 5.89. The molecule has 0 aliphatic carbocycles. The van der Waals surface area contributed by atoms with Gasteiger partial charge >= 0.3 is 5.97 Å². The molecule has 0 unspecified atom stereocenters. The number of nitrogens with zero attached hydrogens (tertiary/aromatic N) is 1. The van der Waals surface area contributed by atoms with Crippen LogP contribution >= 0.6 is 23.2 Å². The van der Waals surface area contributed by atoms with Crippen molar-refractivity contribution in [2.45, 2.75) is 0 Å². The second kappa shape index (κ2) is 8.52. The molecule has 0 atom stereocenters. The number of ether oxygens (including phenoxy) is 1. The van der Waals surface area contributed by atoms with Crippen LogP contribution in [0.2, 0.25) is 10.0 Å². The summed E-state index contributed by atoms with van der Waals surface area (Å²) in [5, 5.41) is 4.86. The number of rotatable bonds is 5. The fraction of sp³-hybridized carbons (Fsp3) is 0. The quantitative estimate of drug-likeness (QED) is 0.267. The van der Waals surface area contributed by atoms with Crippen LogP contribution in [0.3, 0.4) is 0 Å². The van der Waals surface area contributed by atoms with Crippen LogP contribution in [0.5, 0.6) is 5.75 Å². The summed E-state index contributed by atoms with van der Waals surface area (Å²) in [6.07, 6.45) is 1.64. The molecule has 0 bridgehead atoms. The molecule has 3 rings (SSSR count). The van der Waals surface area contributed by atoms with E-state index in [4.69, 9.17) is 27.9 Å². The normalized spacial score (nSPS) is 10.7. The highest BCUT2D eigenvalue weighted by Gasteiger charge is 2.13. The minimum atomic E-state index is -0.553. The van der Waals surface area contributed by atoms with Crippen LogP contribution in [0.15, 0.2) is 77.9 Å². The van der Waals surface area contributed by atoms with E-state index in [1.54, 1.807) is 30.5 Å². The van der Waals surface area contributed by atoms with Crippen LogP contribution < -0.4 is 10.2 Å². The van der Waals surface area contributed by atoms with Crippen molar-refractivity contribution in [2.75, 3.05) is 5.43 Å². The number of para-hydroxylation sites is 1. The fourth-order valence-electron chi connectivity index (χ4n) is 2.17. The summed E-state index contributed by atoms with van der Waals surface area (Å²) >= 11 is 11.9. The molecule has 3 aromatic rings. The van der Waals surface area contributed by atoms with Gasteiger partial charge in [-0.05, 0) is 48.0 Å². The molecule has 0 heterocycles. The Bertz CT molecular complexity index is 944. The van der Waals surface area contributed by atoms with Crippen molar-refractivity contribution < 1.29 is 9.53 Å². The van der Waals surface area contributed by atoms with Crippen LogP contribution in [0.4, 0.5) is 5.69 Å². The van der Waals surface area contributed by atoms with Gasteiger partial charge in [0.05, 0.1) is 22.5 Å². The first-order valence-electron chi connectivity index (χ1n) is 7.73. The predicted octanol–water partition coefficient (Wildman–Crippen LogP) is 5.66. The number of anilines is 1. The first-order valence-corrected chi connectivity index (χ1v) is 8.49. The van der Waals surface area contributed by atoms with E-state index in [1.165, 1.54) is 12.1 Å². The largest absolute Gasteiger partial charge is 0.423 e. The Balaban J connectivity index is 1.68. The van der Waals surface area contributed by atoms with Crippen molar-refractivity contribution >= 4 is 41.1 Å². The summed E-state index contributed by atoms with van der Waals surface area (Å²) in [6.45, 7) is 0. The number of carbonyl (C=O) groups excluding carboxylic acids is 1. The van der Waals surface area contributed by atoms with Crippen molar-refractivity contribution in [3.8, 4) is 5.75 Å². The molecule has 0 fully saturated rings. The van der Waals surface area contributed by atoms with Gasteiger partial charge < -0.3 is 4.74 Å². The topological polar surface area (TPSA) is 50.7 Å². The molecule has 130 valence electrons. The number of hydrogen-bond donors (Lipinski definition) is 1. The second-order valence-electron chi connectivity index (χ2n) is 5.32. The highest BCUT2D eigenvalue weighted by molar-refractivity contribution is 6.36. The Hall–Kier alpha value is -2.82. The summed E-state index contributed by atoms with van der Waals surface area (Å²) in [6, 6.07) is 21.2. The van der Waals surface area contributed by atoms with Gasteiger partial charge in [-0.25, -0.2) is 4.79 Å². The molecule has 0 radical (unpaired) electrons. The van der Waals surface area contributed by atoms with Crippen LogP contribution in [0, 0.1) is 0 Å². The molecular weight excluding hydrogens is 371 g/mol. The summed E-state index contributed by atoms with van der Waals surface area (Å²) in [4.78, 5) is 12.3. The van der Waals surface area contributed by atoms with Gasteiger partial charge in [-0.1, -0.05) is 53.5 Å². The average molecular weight is 385 g/mol. The third-order valence-electron chi connectivity index (χ3n) is 3.40. The lowest BCUT2D eigenvalue weighted by atomic mass is 10.2. The smallest absolute Gasteiger partial charge is 0.345 e. The zero-order valence-corrected chi connectivity index (χ0v) is 15.0. The highest BCUT2D eigenvalue weighted by Crippen LogP contribution is 2.23. The van der Waals surface area contributed by atoms with E-state index in [-0.39, 0.29) is 10.6 Å². The molecule has 6 heteroatoms. The average Bonchev–Trinajstić information content (AvgIpc) is 2.63. The number of esters is 1. The highest BCUT2D eigenvalue weighted by atomic mass is 35.5. The SMILES string of the molecule is O=C(Oc1cccc(C=NNc2ccccc2)c1)c1ccc(Cl)cc1Cl. The molecule has 3 aromatic carbocycles. The number of carbonyl (C=O) groups is 1. The van der Waals surface area contributed by atoms with Crippen LogP contribution in [0.1, 0.15) is 15.9 Å². The van der Waals surface area contributed by atoms with Crippen molar-refractivity contribution in [1.29, 1.82) is 0 Å². The molecular formula is C20H14Cl2N2O2. The summed E-state index contributed by atoms with van der Waals surface area (Å²) < 4.78 is 5.38. The Morgan fingerprint density at radius 1 is 0.962 bits per heavy atom. The van der Waals surface area contributed by atoms with Gasteiger partial charge in [0.25, 0.3) is 0 Å². The molecule has 0 saturated carbocycles. The van der Waals surface area contributed by atoms with E-state index in [1.807, 2.05) is 36.4 Å². The van der Waals surface area contributed by atoms with Crippen LogP contribution in [0.25, 0.3) is 0 Å². The third kappa shape index (κ3) is 4.85. The fourth-order valence-corrected chi connectivity index (χ4v) is 2.66. The van der Waals surface area contributed by atoms with E-state index >= 15 is 0 Å². The van der Waals surface area contributed by atoms with E-state index in [0.717, 1.165) is 11.3 Å². The monoisotopic (exact) mass is 384 g/mol. The van der Waals surface area contributed by atoms with Crippen molar-refractivity contribution in [3.63, 3.8) is 0 Å². The zero-order chi connectivity index (χ0) is 18.4. The second-order valence-corrected chi connectivity index (χ2v) is 6.17. The van der Waals surface area contributed by atoms with Crippen molar-refractivity contribution in [1.82, 2.24) is 0 Å². The lowest BCUT2D eigenvalue weighted by Gasteiger charge is -2.07. The van der Waals surface area contributed by atoms with Gasteiger partial charge in [0.1, 0.15) is 5.75 Å². The number of hydrogen-bond acceptors (Lipinski definition) is 4. The molecule has 26 heavy (non-hydrogen) atoms. The number of benzene rings is 3. The predicted molar refractivity (Wildman–Crippen MR) is 106 cm³/mol. The van der Waals surface area contributed by atoms with Crippen LogP contribution in [-0.4, -0.2) is 12.2 Å². The Morgan fingerprint density at radius 2 is 1.77 bits per heavy atom. The zero-order valence-electron chi connectivity index (χ0n) is 13.5. The van der Waals surface area contributed by atoms with Gasteiger partial charge in [0, 0.05) is 5.02 Å². The van der Waals surface area contributed by atoms with Gasteiger partial charge in [-0.15, -0.1) is 0 Å². The van der Waals surface area contributed by atoms with E-state index in [2.05, 4.69) is 10.5 Å². The summed E-state index contributed by atoms with van der Waals surface area (Å²) in [5.74, 6) is -0.159. The van der Waals surface area contributed by atoms with Crippen LogP contribution in [-0.2, 0) is 0 Å². The molecule has 0 saturated heterocycles. The number of halogens is 2. The van der Waals surface area contributed by atoms with E-state index in [9.17, 15) is 4.79 Å². The minimum absolute atomic E-state index is 0.243. The van der Waals surface area contributed by atoms with Gasteiger partial charge in [0.2, 0.25) is 0 Å². The van der Waals surface area contributed by atoms with Crippen molar-refractivity contribution in [2.24, 2.45) is 5.10 Å². The third-order valence-corrected chi connectivity index (χ3v) is 3.95. The van der Waals surface area contributed by atoms with E-state index in [0.29, 0.717) is 10.8 Å². The molecule has 0 amide bonds. The van der Waals surface area contributed by atoms with Gasteiger partial charge in [-0.2, -0.15) is 5.10 Å². The maximum absolute atomic E-state index is 12.3. The lowest BCUT2D eigenvalue weighted by molar-refractivity contribution is 0.0735. The minimum Gasteiger partial charge on any atom is -0.423 e. The molecule has 0 aromatic heterocycles. The maximum atomic E-state index is 12.3. The molecule has 4 nitrogen and oxygen atoms in total. The molecule has 0 aliphatic rings. The Morgan fingerprint density at radius 3 is 2.54 bits per heavy atom. The Labute approximate surface area is 161 Å². The summed E-state index contributed by atoms with van der Waals surface area (Å²) in [5.41, 5.74) is 4.83.